The second-order valence-corrected chi connectivity index (χ2v) is 4.85. The zero-order valence-electron chi connectivity index (χ0n) is 11.3. The van der Waals surface area contributed by atoms with Crippen LogP contribution in [0.5, 0.6) is 5.75 Å². The van der Waals surface area contributed by atoms with E-state index in [-0.39, 0.29) is 18.4 Å². The number of nitrogens with two attached hydrogens (primary N) is 1. The number of ether oxygens (including phenoxy) is 1. The summed E-state index contributed by atoms with van der Waals surface area (Å²) in [6.07, 6.45) is 1.51. The van der Waals surface area contributed by atoms with Crippen LogP contribution in [-0.2, 0) is 4.79 Å². The summed E-state index contributed by atoms with van der Waals surface area (Å²) in [5.41, 5.74) is 6.60. The van der Waals surface area contributed by atoms with Crippen molar-refractivity contribution >= 4 is 17.6 Å². The van der Waals surface area contributed by atoms with Crippen LogP contribution < -0.4 is 10.5 Å². The van der Waals surface area contributed by atoms with E-state index in [1.165, 1.54) is 7.11 Å². The number of carboxylic acids is 1. The van der Waals surface area contributed by atoms with Crippen LogP contribution in [0.15, 0.2) is 18.2 Å². The first-order chi connectivity index (χ1) is 9.52. The lowest BCUT2D eigenvalue weighted by atomic mass is 10.1. The highest BCUT2D eigenvalue weighted by Gasteiger charge is 2.31. The summed E-state index contributed by atoms with van der Waals surface area (Å²) >= 11 is 0. The molecule has 0 aliphatic carbocycles. The van der Waals surface area contributed by atoms with Crippen molar-refractivity contribution in [3.8, 4) is 5.75 Å². The molecule has 1 aromatic rings. The second kappa shape index (κ2) is 5.81. The molecule has 1 atom stereocenters. The predicted octanol–water partition coefficient (Wildman–Crippen LogP) is 1.36. The summed E-state index contributed by atoms with van der Waals surface area (Å²) in [5.74, 6) is -0.520. The van der Waals surface area contributed by atoms with E-state index < -0.39 is 5.97 Å². The molecule has 2 rings (SSSR count). The Balaban J connectivity index is 2.20. The molecule has 0 bridgehead atoms. The van der Waals surface area contributed by atoms with Gasteiger partial charge in [-0.2, -0.15) is 0 Å². The Morgan fingerprint density at radius 2 is 2.25 bits per heavy atom. The van der Waals surface area contributed by atoms with Gasteiger partial charge in [0.2, 0.25) is 0 Å². The molecule has 0 radical (unpaired) electrons. The van der Waals surface area contributed by atoms with Crippen LogP contribution in [0.2, 0.25) is 0 Å². The SMILES string of the molecule is COc1ccc(C(=O)N2CCCC2CC(=O)O)c(N)c1. The maximum absolute atomic E-state index is 12.5. The van der Waals surface area contributed by atoms with Crippen molar-refractivity contribution in [1.82, 2.24) is 4.90 Å². The first-order valence-electron chi connectivity index (χ1n) is 6.49. The number of nitrogens with zero attached hydrogens (tertiary/aromatic N) is 1. The molecule has 1 fully saturated rings. The number of rotatable bonds is 4. The fourth-order valence-electron chi connectivity index (χ4n) is 2.53. The van der Waals surface area contributed by atoms with Crippen LogP contribution in [0.4, 0.5) is 5.69 Å². The van der Waals surface area contributed by atoms with Gasteiger partial charge in [-0.15, -0.1) is 0 Å². The van der Waals surface area contributed by atoms with Crippen LogP contribution in [0, 0.1) is 0 Å². The lowest BCUT2D eigenvalue weighted by Crippen LogP contribution is -2.37. The maximum atomic E-state index is 12.5. The first-order valence-corrected chi connectivity index (χ1v) is 6.49. The van der Waals surface area contributed by atoms with Gasteiger partial charge in [-0.3, -0.25) is 9.59 Å². The quantitative estimate of drug-likeness (QED) is 0.811. The van der Waals surface area contributed by atoms with Gasteiger partial charge in [0.1, 0.15) is 5.75 Å². The minimum Gasteiger partial charge on any atom is -0.497 e. The van der Waals surface area contributed by atoms with Crippen LogP contribution in [0.3, 0.4) is 0 Å². The molecule has 0 saturated carbocycles. The molecule has 0 spiro atoms. The zero-order valence-corrected chi connectivity index (χ0v) is 11.3. The molecule has 6 heteroatoms. The number of hydrogen-bond donors (Lipinski definition) is 2. The molecule has 0 aromatic heterocycles. The number of carbonyl (C=O) groups excluding carboxylic acids is 1. The van der Waals surface area contributed by atoms with Gasteiger partial charge >= 0.3 is 5.97 Å². The Bertz CT molecular complexity index is 530. The third-order valence-electron chi connectivity index (χ3n) is 3.54. The van der Waals surface area contributed by atoms with E-state index in [2.05, 4.69) is 0 Å². The molecule has 1 aliphatic rings. The van der Waals surface area contributed by atoms with Crippen LogP contribution in [0.1, 0.15) is 29.6 Å². The molecule has 108 valence electrons. The van der Waals surface area contributed by atoms with Gasteiger partial charge in [-0.1, -0.05) is 0 Å². The van der Waals surface area contributed by atoms with E-state index in [9.17, 15) is 9.59 Å². The number of nitrogen functional groups attached to an aromatic ring is 1. The molecule has 1 aliphatic heterocycles. The Hall–Kier alpha value is -2.24. The fraction of sp³-hybridized carbons (Fsp3) is 0.429. The molecule has 6 nitrogen and oxygen atoms in total. The second-order valence-electron chi connectivity index (χ2n) is 4.85. The average Bonchev–Trinajstić information content (AvgIpc) is 2.85. The van der Waals surface area contributed by atoms with E-state index >= 15 is 0 Å². The standard InChI is InChI=1S/C14H18N2O4/c1-20-10-4-5-11(12(15)8-10)14(19)16-6-2-3-9(16)7-13(17)18/h4-5,8-9H,2-3,6-7,15H2,1H3,(H,17,18). The topological polar surface area (TPSA) is 92.9 Å². The third kappa shape index (κ3) is 2.84. The monoisotopic (exact) mass is 278 g/mol. The van der Waals surface area contributed by atoms with E-state index in [4.69, 9.17) is 15.6 Å². The molecular formula is C14H18N2O4. The van der Waals surface area contributed by atoms with E-state index in [1.807, 2.05) is 0 Å². The van der Waals surface area contributed by atoms with Gasteiger partial charge in [0.15, 0.2) is 0 Å². The largest absolute Gasteiger partial charge is 0.497 e. The highest BCUT2D eigenvalue weighted by atomic mass is 16.5. The van der Waals surface area contributed by atoms with E-state index in [0.29, 0.717) is 30.0 Å². The van der Waals surface area contributed by atoms with E-state index in [0.717, 1.165) is 6.42 Å². The first kappa shape index (κ1) is 14.2. The third-order valence-corrected chi connectivity index (χ3v) is 3.54. The summed E-state index contributed by atoms with van der Waals surface area (Å²) in [5, 5.41) is 8.89. The van der Waals surface area contributed by atoms with Crippen LogP contribution in [0.25, 0.3) is 0 Å². The molecule has 1 aromatic carbocycles. The minimum atomic E-state index is -0.891. The average molecular weight is 278 g/mol. The van der Waals surface area contributed by atoms with E-state index in [1.54, 1.807) is 23.1 Å². The lowest BCUT2D eigenvalue weighted by molar-refractivity contribution is -0.137. The van der Waals surface area contributed by atoms with Crippen LogP contribution in [-0.4, -0.2) is 41.6 Å². The normalized spacial score (nSPS) is 18.1. The van der Waals surface area contributed by atoms with Gasteiger partial charge in [0.25, 0.3) is 5.91 Å². The zero-order chi connectivity index (χ0) is 14.7. The fourth-order valence-corrected chi connectivity index (χ4v) is 2.53. The van der Waals surface area contributed by atoms with Crippen molar-refractivity contribution in [3.63, 3.8) is 0 Å². The van der Waals surface area contributed by atoms with Crippen molar-refractivity contribution in [3.05, 3.63) is 23.8 Å². The Morgan fingerprint density at radius 1 is 1.50 bits per heavy atom. The Morgan fingerprint density at radius 3 is 2.85 bits per heavy atom. The van der Waals surface area contributed by atoms with Crippen molar-refractivity contribution in [2.45, 2.75) is 25.3 Å². The highest BCUT2D eigenvalue weighted by molar-refractivity contribution is 5.99. The van der Waals surface area contributed by atoms with Crippen molar-refractivity contribution in [2.24, 2.45) is 0 Å². The number of aliphatic carboxylic acids is 1. The van der Waals surface area contributed by atoms with Crippen molar-refractivity contribution in [2.75, 3.05) is 19.4 Å². The minimum absolute atomic E-state index is 0.0260. The summed E-state index contributed by atoms with van der Waals surface area (Å²) in [6.45, 7) is 0.572. The molecule has 1 unspecified atom stereocenters. The van der Waals surface area contributed by atoms with Gasteiger partial charge < -0.3 is 20.5 Å². The highest BCUT2D eigenvalue weighted by Crippen LogP contribution is 2.26. The summed E-state index contributed by atoms with van der Waals surface area (Å²) in [4.78, 5) is 24.9. The number of anilines is 1. The Labute approximate surface area is 117 Å². The molecule has 1 heterocycles. The smallest absolute Gasteiger partial charge is 0.305 e. The number of methoxy groups -OCH3 is 1. The Kier molecular flexibility index (Phi) is 4.12. The van der Waals surface area contributed by atoms with Crippen molar-refractivity contribution < 1.29 is 19.4 Å². The maximum Gasteiger partial charge on any atom is 0.305 e. The molecule has 3 N–H and O–H groups in total. The number of likely N-dealkylation sites (tertiary alicyclic amines) is 1. The molecule has 20 heavy (non-hydrogen) atoms. The lowest BCUT2D eigenvalue weighted by Gasteiger charge is -2.24. The van der Waals surface area contributed by atoms with Gasteiger partial charge in [-0.05, 0) is 25.0 Å². The van der Waals surface area contributed by atoms with Gasteiger partial charge in [0, 0.05) is 24.3 Å². The number of hydrogen-bond acceptors (Lipinski definition) is 4. The van der Waals surface area contributed by atoms with Crippen molar-refractivity contribution in [1.29, 1.82) is 0 Å². The molecule has 1 saturated heterocycles. The number of carboxylic acid groups (broad SMARTS) is 1. The predicted molar refractivity (Wildman–Crippen MR) is 73.7 cm³/mol. The number of carbonyl (C=O) groups is 2. The number of amides is 1. The van der Waals surface area contributed by atoms with Gasteiger partial charge in [-0.25, -0.2) is 0 Å². The van der Waals surface area contributed by atoms with Crippen LogP contribution >= 0.6 is 0 Å². The van der Waals surface area contributed by atoms with Gasteiger partial charge in [0.05, 0.1) is 19.1 Å². The molecule has 1 amide bonds. The molecular weight excluding hydrogens is 260 g/mol. The summed E-state index contributed by atoms with van der Waals surface area (Å²) in [6, 6.07) is 4.63. The number of benzene rings is 1. The summed E-state index contributed by atoms with van der Waals surface area (Å²) in [7, 11) is 1.53. The summed E-state index contributed by atoms with van der Waals surface area (Å²) < 4.78 is 5.05.